The summed E-state index contributed by atoms with van der Waals surface area (Å²) >= 11 is 3.64. The molecule has 254 valence electrons. The highest BCUT2D eigenvalue weighted by Gasteiger charge is 2.58. The molecule has 0 bridgehead atoms. The van der Waals surface area contributed by atoms with Gasteiger partial charge in [0, 0.05) is 61.3 Å². The molecule has 2 atom stereocenters. The maximum absolute atomic E-state index is 6.63. The molecule has 4 heteroatoms. The highest BCUT2D eigenvalue weighted by atomic mass is 79.9. The number of ether oxygens (including phenoxy) is 1. The van der Waals surface area contributed by atoms with Crippen molar-refractivity contribution in [2.45, 2.75) is 24.2 Å². The van der Waals surface area contributed by atoms with Crippen LogP contribution in [0.1, 0.15) is 46.6 Å². The number of para-hydroxylation sites is 2. The zero-order chi connectivity index (χ0) is 35.1. The number of anilines is 2. The number of fused-ring (bicyclic) bond motifs is 12. The third kappa shape index (κ3) is 4.52. The molecule has 4 aliphatic rings. The van der Waals surface area contributed by atoms with Crippen molar-refractivity contribution in [2.24, 2.45) is 5.92 Å². The molecule has 0 saturated heterocycles. The lowest BCUT2D eigenvalue weighted by molar-refractivity contribution is 0.369. The van der Waals surface area contributed by atoms with E-state index in [0.29, 0.717) is 0 Å². The van der Waals surface area contributed by atoms with Gasteiger partial charge >= 0.3 is 0 Å². The Labute approximate surface area is 317 Å². The normalized spacial score (nSPS) is 18.9. The van der Waals surface area contributed by atoms with Crippen LogP contribution in [-0.2, 0) is 5.41 Å². The highest BCUT2D eigenvalue weighted by Crippen LogP contribution is 2.66. The van der Waals surface area contributed by atoms with Crippen molar-refractivity contribution in [2.75, 3.05) is 4.90 Å². The molecule has 3 nitrogen and oxygen atoms in total. The van der Waals surface area contributed by atoms with E-state index in [2.05, 4.69) is 191 Å². The van der Waals surface area contributed by atoms with Gasteiger partial charge < -0.3 is 14.1 Å². The number of hydrogen-bond donors (Lipinski definition) is 0. The summed E-state index contributed by atoms with van der Waals surface area (Å²) in [6, 6.07) is 48.4. The lowest BCUT2D eigenvalue weighted by Gasteiger charge is -2.44. The molecule has 3 aliphatic carbocycles. The summed E-state index contributed by atoms with van der Waals surface area (Å²) in [5.41, 5.74) is 12.3. The highest BCUT2D eigenvalue weighted by molar-refractivity contribution is 9.10. The van der Waals surface area contributed by atoms with Gasteiger partial charge in [0.1, 0.15) is 22.7 Å². The third-order valence-electron chi connectivity index (χ3n) is 11.7. The topological polar surface area (TPSA) is 25.6 Å². The minimum absolute atomic E-state index is 0.0569. The van der Waals surface area contributed by atoms with E-state index in [1.54, 1.807) is 0 Å². The summed E-state index contributed by atoms with van der Waals surface area (Å²) in [5.74, 6) is 2.00. The quantitative estimate of drug-likeness (QED) is 0.179. The third-order valence-corrected chi connectivity index (χ3v) is 12.2. The van der Waals surface area contributed by atoms with Gasteiger partial charge in [-0.25, -0.2) is 0 Å². The van der Waals surface area contributed by atoms with Crippen LogP contribution in [0, 0.1) is 5.92 Å². The Hall–Kier alpha value is -5.84. The molecule has 7 aromatic rings. The Morgan fingerprint density at radius 1 is 0.660 bits per heavy atom. The zero-order valence-electron chi connectivity index (χ0n) is 28.9. The number of halogens is 1. The van der Waals surface area contributed by atoms with E-state index in [0.717, 1.165) is 62.1 Å². The first-order valence-electron chi connectivity index (χ1n) is 18.4. The number of allylic oxidation sites excluding steroid dienone is 8. The van der Waals surface area contributed by atoms with Crippen molar-refractivity contribution >= 4 is 54.8 Å². The molecule has 0 radical (unpaired) electrons. The van der Waals surface area contributed by atoms with Crippen molar-refractivity contribution in [3.63, 3.8) is 0 Å². The van der Waals surface area contributed by atoms with Crippen LogP contribution >= 0.6 is 15.9 Å². The molecule has 53 heavy (non-hydrogen) atoms. The van der Waals surface area contributed by atoms with Gasteiger partial charge in [-0.15, -0.1) is 0 Å². The first kappa shape index (κ1) is 30.8. The summed E-state index contributed by atoms with van der Waals surface area (Å²) in [4.78, 5) is 2.46. The SMILES string of the molecule is Brc1ccc2c(c1)oc1cc(N(C3=CC=CC4C3c3ccccc3C43c4ccccc4Oc4ccccc43)c3ccc(C4=CCCC=C4)cc3)ccc12. The van der Waals surface area contributed by atoms with Crippen molar-refractivity contribution in [3.8, 4) is 11.5 Å². The number of nitrogens with zero attached hydrogens (tertiary/aromatic N) is 1. The lowest BCUT2D eigenvalue weighted by atomic mass is 9.61. The molecular formula is C49H34BrNO2. The average Bonchev–Trinajstić information content (AvgIpc) is 3.72. The summed E-state index contributed by atoms with van der Waals surface area (Å²) in [6.07, 6.45) is 16.1. The summed E-state index contributed by atoms with van der Waals surface area (Å²) in [7, 11) is 0. The van der Waals surface area contributed by atoms with Crippen LogP contribution in [0.25, 0.3) is 27.5 Å². The van der Waals surface area contributed by atoms with Gasteiger partial charge in [0.15, 0.2) is 0 Å². The molecule has 6 aromatic carbocycles. The molecule has 1 aromatic heterocycles. The van der Waals surface area contributed by atoms with E-state index < -0.39 is 5.41 Å². The number of benzene rings is 6. The summed E-state index contributed by atoms with van der Waals surface area (Å²) < 4.78 is 14.2. The van der Waals surface area contributed by atoms with Gasteiger partial charge in [-0.1, -0.05) is 119 Å². The number of furan rings is 1. The molecule has 0 saturated carbocycles. The standard InChI is InChI=1S/C49H34BrNO2/c50-33-23-27-36-37-28-26-35(30-47(37)53-46(36)29-33)51(34-24-21-32(22-25-34)31-11-2-1-3-12-31)43-18-10-17-42-48(43)38-13-4-5-14-39(38)49(42)40-15-6-8-19-44(40)52-45-20-9-7-16-41(45)49/h2,4-30,42,48H,1,3H2. The largest absolute Gasteiger partial charge is 0.457 e. The second-order valence-electron chi connectivity index (χ2n) is 14.4. The van der Waals surface area contributed by atoms with E-state index in [4.69, 9.17) is 9.15 Å². The molecule has 0 fully saturated rings. The fraction of sp³-hybridized carbons (Fsp3) is 0.102. The van der Waals surface area contributed by atoms with Crippen molar-refractivity contribution in [3.05, 3.63) is 208 Å². The molecule has 0 N–H and O–H groups in total. The lowest BCUT2D eigenvalue weighted by Crippen LogP contribution is -2.39. The zero-order valence-corrected chi connectivity index (χ0v) is 30.5. The van der Waals surface area contributed by atoms with Gasteiger partial charge in [0.05, 0.1) is 5.41 Å². The van der Waals surface area contributed by atoms with Crippen molar-refractivity contribution < 1.29 is 9.15 Å². The van der Waals surface area contributed by atoms with E-state index in [1.165, 1.54) is 39.1 Å². The first-order chi connectivity index (χ1) is 26.2. The Morgan fingerprint density at radius 2 is 1.34 bits per heavy atom. The summed E-state index contributed by atoms with van der Waals surface area (Å²) in [5, 5.41) is 2.22. The Bertz CT molecular complexity index is 2700. The second kappa shape index (κ2) is 11.8. The minimum atomic E-state index is -0.436. The van der Waals surface area contributed by atoms with Crippen LogP contribution in [0.3, 0.4) is 0 Å². The second-order valence-corrected chi connectivity index (χ2v) is 15.3. The average molecular weight is 749 g/mol. The Morgan fingerprint density at radius 3 is 2.09 bits per heavy atom. The monoisotopic (exact) mass is 747 g/mol. The van der Waals surface area contributed by atoms with Crippen LogP contribution in [-0.4, -0.2) is 0 Å². The van der Waals surface area contributed by atoms with E-state index in [1.807, 2.05) is 0 Å². The number of hydrogen-bond acceptors (Lipinski definition) is 3. The molecule has 1 aliphatic heterocycles. The van der Waals surface area contributed by atoms with Crippen LogP contribution < -0.4 is 9.64 Å². The summed E-state index contributed by atoms with van der Waals surface area (Å²) in [6.45, 7) is 0. The van der Waals surface area contributed by atoms with Gasteiger partial charge in [0.25, 0.3) is 0 Å². The predicted molar refractivity (Wildman–Crippen MR) is 219 cm³/mol. The molecule has 11 rings (SSSR count). The van der Waals surface area contributed by atoms with Crippen LogP contribution in [0.5, 0.6) is 11.5 Å². The maximum Gasteiger partial charge on any atom is 0.137 e. The molecule has 0 amide bonds. The first-order valence-corrected chi connectivity index (χ1v) is 19.2. The predicted octanol–water partition coefficient (Wildman–Crippen LogP) is 13.5. The van der Waals surface area contributed by atoms with Crippen LogP contribution in [0.2, 0.25) is 0 Å². The Kier molecular flexibility index (Phi) is 6.87. The van der Waals surface area contributed by atoms with E-state index in [9.17, 15) is 0 Å². The van der Waals surface area contributed by atoms with E-state index >= 15 is 0 Å². The van der Waals surface area contributed by atoms with Gasteiger partial charge in [-0.2, -0.15) is 0 Å². The van der Waals surface area contributed by atoms with Gasteiger partial charge in [0.2, 0.25) is 0 Å². The van der Waals surface area contributed by atoms with Crippen molar-refractivity contribution in [1.82, 2.24) is 0 Å². The van der Waals surface area contributed by atoms with Crippen LogP contribution in [0.15, 0.2) is 185 Å². The minimum Gasteiger partial charge on any atom is -0.457 e. The Balaban J connectivity index is 1.13. The molecule has 1 spiro atoms. The van der Waals surface area contributed by atoms with E-state index in [-0.39, 0.29) is 11.8 Å². The maximum atomic E-state index is 6.63. The van der Waals surface area contributed by atoms with Gasteiger partial charge in [-0.3, -0.25) is 0 Å². The number of rotatable bonds is 4. The molecule has 2 unspecified atom stereocenters. The fourth-order valence-corrected chi connectivity index (χ4v) is 9.91. The van der Waals surface area contributed by atoms with Crippen LogP contribution in [0.4, 0.5) is 11.4 Å². The fourth-order valence-electron chi connectivity index (χ4n) is 9.57. The smallest absolute Gasteiger partial charge is 0.137 e. The molecular weight excluding hydrogens is 714 g/mol. The van der Waals surface area contributed by atoms with Crippen molar-refractivity contribution in [1.29, 1.82) is 0 Å². The molecule has 2 heterocycles. The van der Waals surface area contributed by atoms with Gasteiger partial charge in [-0.05, 0) is 95.8 Å².